The third kappa shape index (κ3) is 4.95. The van der Waals surface area contributed by atoms with Crippen molar-refractivity contribution in [3.63, 3.8) is 0 Å². The molecule has 0 aliphatic rings. The smallest absolute Gasteiger partial charge is 0.329 e. The molecule has 1 N–H and O–H groups in total. The minimum Gasteiger partial charge on any atom is -0.497 e. The lowest BCUT2D eigenvalue weighted by Crippen LogP contribution is -2.39. The molecule has 5 heteroatoms. The highest BCUT2D eigenvalue weighted by Crippen LogP contribution is 2.19. The van der Waals surface area contributed by atoms with Crippen molar-refractivity contribution < 1.29 is 19.1 Å². The summed E-state index contributed by atoms with van der Waals surface area (Å²) in [6, 6.07) is 6.36. The first-order chi connectivity index (χ1) is 10.2. The summed E-state index contributed by atoms with van der Waals surface area (Å²) < 4.78 is 10.1. The van der Waals surface area contributed by atoms with E-state index in [1.54, 1.807) is 44.4 Å². The fourth-order valence-corrected chi connectivity index (χ4v) is 1.90. The Labute approximate surface area is 124 Å². The first-order valence-corrected chi connectivity index (χ1v) is 6.79. The van der Waals surface area contributed by atoms with Gasteiger partial charge in [-0.1, -0.05) is 6.08 Å². The van der Waals surface area contributed by atoms with Gasteiger partial charge in [0.05, 0.1) is 13.7 Å². The predicted molar refractivity (Wildman–Crippen MR) is 81.4 cm³/mol. The van der Waals surface area contributed by atoms with Crippen LogP contribution in [0.15, 0.2) is 36.9 Å². The van der Waals surface area contributed by atoms with Crippen LogP contribution in [0.4, 0.5) is 5.69 Å². The van der Waals surface area contributed by atoms with Crippen molar-refractivity contribution in [3.8, 4) is 5.75 Å². The van der Waals surface area contributed by atoms with Gasteiger partial charge in [-0.3, -0.25) is 0 Å². The summed E-state index contributed by atoms with van der Waals surface area (Å²) in [5.41, 5.74) is 0.713. The number of methoxy groups -OCH3 is 1. The molecule has 0 radical (unpaired) electrons. The number of carbonyl (C=O) groups excluding carboxylic acids is 2. The zero-order chi connectivity index (χ0) is 15.7. The van der Waals surface area contributed by atoms with Crippen LogP contribution in [-0.2, 0) is 14.3 Å². The van der Waals surface area contributed by atoms with Crippen LogP contribution in [-0.4, -0.2) is 32.0 Å². The van der Waals surface area contributed by atoms with Crippen molar-refractivity contribution in [2.24, 2.45) is 5.92 Å². The van der Waals surface area contributed by atoms with E-state index >= 15 is 0 Å². The molecular formula is C16H21NO4. The largest absolute Gasteiger partial charge is 0.497 e. The van der Waals surface area contributed by atoms with Gasteiger partial charge in [-0.05, 0) is 37.6 Å². The van der Waals surface area contributed by atoms with Crippen LogP contribution in [0, 0.1) is 5.92 Å². The lowest BCUT2D eigenvalue weighted by molar-refractivity contribution is -0.146. The molecule has 0 aliphatic carbocycles. The Hall–Kier alpha value is -2.30. The fraction of sp³-hybridized carbons (Fsp3) is 0.375. The summed E-state index contributed by atoms with van der Waals surface area (Å²) in [6.07, 6.45) is 2.76. The number of ether oxygens (including phenoxy) is 2. The second-order valence-corrected chi connectivity index (χ2v) is 4.43. The summed E-state index contributed by atoms with van der Waals surface area (Å²) in [7, 11) is 1.58. The van der Waals surface area contributed by atoms with Crippen molar-refractivity contribution in [1.29, 1.82) is 0 Å². The molecule has 0 fully saturated rings. The molecule has 2 atom stereocenters. The van der Waals surface area contributed by atoms with Crippen LogP contribution in [0.3, 0.4) is 0 Å². The van der Waals surface area contributed by atoms with Crippen LogP contribution >= 0.6 is 0 Å². The number of aldehydes is 1. The van der Waals surface area contributed by atoms with E-state index in [1.165, 1.54) is 0 Å². The highest BCUT2D eigenvalue weighted by Gasteiger charge is 2.28. The Bertz CT molecular complexity index is 470. The van der Waals surface area contributed by atoms with Crippen molar-refractivity contribution in [2.75, 3.05) is 19.0 Å². The van der Waals surface area contributed by atoms with Crippen LogP contribution < -0.4 is 10.1 Å². The molecule has 21 heavy (non-hydrogen) atoms. The number of hydrogen-bond acceptors (Lipinski definition) is 5. The van der Waals surface area contributed by atoms with Gasteiger partial charge in [0.2, 0.25) is 0 Å². The predicted octanol–water partition coefficient (Wildman–Crippen LogP) is 2.43. The monoisotopic (exact) mass is 291 g/mol. The van der Waals surface area contributed by atoms with Crippen LogP contribution in [0.1, 0.15) is 13.3 Å². The Kier molecular flexibility index (Phi) is 7.01. The normalized spacial score (nSPS) is 12.9. The standard InChI is InChI=1S/C16H21NO4/c1-4-6-12(11-18)15(16(19)21-5-2)17-13-7-9-14(20-3)10-8-13/h4,7-12,15,17H,1,5-6H2,2-3H3. The van der Waals surface area contributed by atoms with Crippen molar-refractivity contribution in [3.05, 3.63) is 36.9 Å². The van der Waals surface area contributed by atoms with E-state index in [4.69, 9.17) is 9.47 Å². The van der Waals surface area contributed by atoms with E-state index in [-0.39, 0.29) is 6.61 Å². The molecule has 0 saturated carbocycles. The van der Waals surface area contributed by atoms with Gasteiger partial charge in [0.1, 0.15) is 18.1 Å². The molecule has 0 amide bonds. The van der Waals surface area contributed by atoms with Gasteiger partial charge in [0.15, 0.2) is 0 Å². The number of anilines is 1. The van der Waals surface area contributed by atoms with Crippen LogP contribution in [0.2, 0.25) is 0 Å². The number of allylic oxidation sites excluding steroid dienone is 1. The van der Waals surface area contributed by atoms with E-state index < -0.39 is 17.9 Å². The number of rotatable bonds is 9. The quantitative estimate of drug-likeness (QED) is 0.430. The van der Waals surface area contributed by atoms with E-state index in [2.05, 4.69) is 11.9 Å². The van der Waals surface area contributed by atoms with Crippen LogP contribution in [0.25, 0.3) is 0 Å². The Morgan fingerprint density at radius 2 is 2.05 bits per heavy atom. The number of benzene rings is 1. The maximum atomic E-state index is 12.0. The number of carbonyl (C=O) groups is 2. The highest BCUT2D eigenvalue weighted by molar-refractivity contribution is 5.83. The SMILES string of the molecule is C=CCC(C=O)C(Nc1ccc(OC)cc1)C(=O)OCC. The minimum absolute atomic E-state index is 0.263. The van der Waals surface area contributed by atoms with Gasteiger partial charge in [-0.2, -0.15) is 0 Å². The molecule has 0 aliphatic heterocycles. The lowest BCUT2D eigenvalue weighted by Gasteiger charge is -2.22. The van der Waals surface area contributed by atoms with Crippen LogP contribution in [0.5, 0.6) is 5.75 Å². The van der Waals surface area contributed by atoms with E-state index in [0.29, 0.717) is 17.9 Å². The molecule has 2 unspecified atom stereocenters. The molecular weight excluding hydrogens is 270 g/mol. The number of esters is 1. The summed E-state index contributed by atoms with van der Waals surface area (Å²) in [4.78, 5) is 23.3. The minimum atomic E-state index is -0.742. The second-order valence-electron chi connectivity index (χ2n) is 4.43. The van der Waals surface area contributed by atoms with Crippen molar-refractivity contribution in [1.82, 2.24) is 0 Å². The summed E-state index contributed by atoms with van der Waals surface area (Å²) in [5.74, 6) is -0.262. The Morgan fingerprint density at radius 3 is 2.52 bits per heavy atom. The van der Waals surface area contributed by atoms with E-state index in [0.717, 1.165) is 6.29 Å². The molecule has 0 heterocycles. The fourth-order valence-electron chi connectivity index (χ4n) is 1.90. The summed E-state index contributed by atoms with van der Waals surface area (Å²) >= 11 is 0. The maximum absolute atomic E-state index is 12.0. The molecule has 5 nitrogen and oxygen atoms in total. The molecule has 0 spiro atoms. The zero-order valence-electron chi connectivity index (χ0n) is 12.4. The summed E-state index contributed by atoms with van der Waals surface area (Å²) in [6.45, 7) is 5.60. The van der Waals surface area contributed by atoms with Gasteiger partial charge >= 0.3 is 5.97 Å². The van der Waals surface area contributed by atoms with Gasteiger partial charge < -0.3 is 19.6 Å². The maximum Gasteiger partial charge on any atom is 0.329 e. The van der Waals surface area contributed by atoms with Crippen molar-refractivity contribution in [2.45, 2.75) is 19.4 Å². The molecule has 0 aromatic heterocycles. The summed E-state index contributed by atoms with van der Waals surface area (Å²) in [5, 5.41) is 3.04. The average Bonchev–Trinajstić information content (AvgIpc) is 2.51. The van der Waals surface area contributed by atoms with Gasteiger partial charge in [0, 0.05) is 11.6 Å². The Morgan fingerprint density at radius 1 is 1.38 bits per heavy atom. The van der Waals surface area contributed by atoms with E-state index in [1.807, 2.05) is 0 Å². The molecule has 1 aromatic carbocycles. The first kappa shape index (κ1) is 16.8. The number of nitrogens with one attached hydrogen (secondary N) is 1. The average molecular weight is 291 g/mol. The zero-order valence-corrected chi connectivity index (χ0v) is 12.4. The molecule has 1 aromatic rings. The third-order valence-corrected chi connectivity index (χ3v) is 2.99. The van der Waals surface area contributed by atoms with E-state index in [9.17, 15) is 9.59 Å². The number of hydrogen-bond donors (Lipinski definition) is 1. The molecule has 0 bridgehead atoms. The lowest BCUT2D eigenvalue weighted by atomic mass is 9.97. The molecule has 114 valence electrons. The second kappa shape index (κ2) is 8.79. The van der Waals surface area contributed by atoms with Gasteiger partial charge in [-0.15, -0.1) is 6.58 Å². The molecule has 0 saturated heterocycles. The van der Waals surface area contributed by atoms with Crippen molar-refractivity contribution >= 4 is 17.9 Å². The molecule has 1 rings (SSSR count). The van der Waals surface area contributed by atoms with Gasteiger partial charge in [-0.25, -0.2) is 4.79 Å². The first-order valence-electron chi connectivity index (χ1n) is 6.79. The van der Waals surface area contributed by atoms with Gasteiger partial charge in [0.25, 0.3) is 0 Å². The Balaban J connectivity index is 2.91. The highest BCUT2D eigenvalue weighted by atomic mass is 16.5. The third-order valence-electron chi connectivity index (χ3n) is 2.99. The topological polar surface area (TPSA) is 64.6 Å².